The summed E-state index contributed by atoms with van der Waals surface area (Å²) in [4.78, 5) is 5.18. The molecule has 1 unspecified atom stereocenters. The van der Waals surface area contributed by atoms with Gasteiger partial charge in [-0.1, -0.05) is 0 Å². The van der Waals surface area contributed by atoms with E-state index in [2.05, 4.69) is 26.2 Å². The molecule has 0 aromatic carbocycles. The van der Waals surface area contributed by atoms with Gasteiger partial charge in [0.1, 0.15) is 6.10 Å². The van der Waals surface area contributed by atoms with E-state index in [0.29, 0.717) is 0 Å². The molecule has 1 rings (SSSR count). The lowest BCUT2D eigenvalue weighted by molar-refractivity contribution is 0.272. The van der Waals surface area contributed by atoms with Crippen LogP contribution in [-0.4, -0.2) is 4.98 Å². The van der Waals surface area contributed by atoms with Gasteiger partial charge in [0, 0.05) is 32.3 Å². The van der Waals surface area contributed by atoms with Crippen LogP contribution >= 0.6 is 42.4 Å². The Hall–Kier alpha value is 0.500. The Morgan fingerprint density at radius 1 is 1.62 bits per heavy atom. The third-order valence-corrected chi connectivity index (χ3v) is 2.99. The van der Waals surface area contributed by atoms with Crippen molar-refractivity contribution >= 4 is 42.4 Å². The quantitative estimate of drug-likeness (QED) is 0.523. The minimum Gasteiger partial charge on any atom is -0.296 e. The van der Waals surface area contributed by atoms with Gasteiger partial charge in [-0.25, -0.2) is 0 Å². The van der Waals surface area contributed by atoms with E-state index >= 15 is 0 Å². The largest absolute Gasteiger partial charge is 0.296 e. The van der Waals surface area contributed by atoms with E-state index in [1.54, 1.807) is 6.20 Å². The number of halogens is 1. The monoisotopic (exact) mass is 328 g/mol. The number of aromatic nitrogens is 1. The van der Waals surface area contributed by atoms with Crippen LogP contribution in [0.15, 0.2) is 23.2 Å². The molecule has 1 atom stereocenters. The van der Waals surface area contributed by atoms with Crippen LogP contribution in [0.4, 0.5) is 0 Å². The normalized spacial score (nSPS) is 12.8. The van der Waals surface area contributed by atoms with E-state index in [0.717, 1.165) is 10.6 Å². The van der Waals surface area contributed by atoms with Crippen molar-refractivity contribution in [3.8, 4) is 0 Å². The van der Waals surface area contributed by atoms with Crippen molar-refractivity contribution in [2.24, 2.45) is 5.14 Å². The van der Waals surface area contributed by atoms with Crippen LogP contribution in [0.5, 0.6) is 0 Å². The van der Waals surface area contributed by atoms with Crippen molar-refractivity contribution in [2.75, 3.05) is 0 Å². The van der Waals surface area contributed by atoms with Crippen LogP contribution in [0.1, 0.15) is 18.7 Å². The molecular formula is C7H9IN2OS2. The van der Waals surface area contributed by atoms with Gasteiger partial charge in [-0.15, -0.1) is 0 Å². The molecule has 0 bridgehead atoms. The van der Waals surface area contributed by atoms with Crippen LogP contribution < -0.4 is 5.14 Å². The van der Waals surface area contributed by atoms with Crippen molar-refractivity contribution in [3.05, 3.63) is 24.0 Å². The van der Waals surface area contributed by atoms with Gasteiger partial charge in [-0.2, -0.15) is 0 Å². The molecule has 1 aromatic heterocycles. The average molecular weight is 328 g/mol. The molecule has 0 saturated carbocycles. The summed E-state index contributed by atoms with van der Waals surface area (Å²) in [6, 6.07) is 3.86. The average Bonchev–Trinajstić information content (AvgIpc) is 2.18. The Balaban J connectivity index is 2.67. The summed E-state index contributed by atoms with van der Waals surface area (Å²) >= 11 is 3.28. The van der Waals surface area contributed by atoms with Gasteiger partial charge in [-0.05, 0) is 31.0 Å². The number of hydrogen-bond donors (Lipinski definition) is 1. The molecule has 0 fully saturated rings. The third kappa shape index (κ3) is 3.62. The predicted molar refractivity (Wildman–Crippen MR) is 65.4 cm³/mol. The standard InChI is InChI=1S/C7H9IN2OS2/c1-5(11-13-8)7-3-2-6(12-9)4-10-7/h2-5H,9H2,1H3. The summed E-state index contributed by atoms with van der Waals surface area (Å²) in [5.41, 5.74) is 0.918. The minimum absolute atomic E-state index is 0.0127. The maximum absolute atomic E-state index is 5.37. The van der Waals surface area contributed by atoms with Gasteiger partial charge < -0.3 is 0 Å². The highest BCUT2D eigenvalue weighted by Gasteiger charge is 2.06. The van der Waals surface area contributed by atoms with E-state index in [1.807, 2.05) is 19.1 Å². The molecule has 72 valence electrons. The molecule has 0 saturated heterocycles. The highest BCUT2D eigenvalue weighted by molar-refractivity contribution is 14.2. The molecular weight excluding hydrogens is 319 g/mol. The molecule has 6 heteroatoms. The smallest absolute Gasteiger partial charge is 0.112 e. The first-order chi connectivity index (χ1) is 6.27. The fourth-order valence-electron chi connectivity index (χ4n) is 0.806. The summed E-state index contributed by atoms with van der Waals surface area (Å²) in [5, 5.41) is 5.37. The maximum Gasteiger partial charge on any atom is 0.112 e. The zero-order valence-corrected chi connectivity index (χ0v) is 10.7. The van der Waals surface area contributed by atoms with Crippen molar-refractivity contribution in [2.45, 2.75) is 17.9 Å². The lowest BCUT2D eigenvalue weighted by atomic mass is 10.2. The Bertz CT molecular complexity index is 257. The highest BCUT2D eigenvalue weighted by atomic mass is 127. The molecule has 13 heavy (non-hydrogen) atoms. The van der Waals surface area contributed by atoms with Gasteiger partial charge >= 0.3 is 0 Å². The van der Waals surface area contributed by atoms with Crippen molar-refractivity contribution in [3.63, 3.8) is 0 Å². The zero-order valence-electron chi connectivity index (χ0n) is 6.94. The van der Waals surface area contributed by atoms with Crippen LogP contribution in [-0.2, 0) is 4.18 Å². The predicted octanol–water partition coefficient (Wildman–Crippen LogP) is 3.12. The van der Waals surface area contributed by atoms with Gasteiger partial charge in [0.25, 0.3) is 0 Å². The van der Waals surface area contributed by atoms with Crippen molar-refractivity contribution in [1.29, 1.82) is 0 Å². The molecule has 0 radical (unpaired) electrons. The van der Waals surface area contributed by atoms with Gasteiger partial charge in [-0.3, -0.25) is 14.3 Å². The molecule has 0 aliphatic rings. The van der Waals surface area contributed by atoms with Crippen molar-refractivity contribution in [1.82, 2.24) is 4.98 Å². The first-order valence-electron chi connectivity index (χ1n) is 3.54. The summed E-state index contributed by atoms with van der Waals surface area (Å²) < 4.78 is 5.30. The number of rotatable bonds is 4. The second kappa shape index (κ2) is 6.07. The van der Waals surface area contributed by atoms with Crippen molar-refractivity contribution < 1.29 is 4.18 Å². The summed E-state index contributed by atoms with van der Waals surface area (Å²) in [6.07, 6.45) is 1.76. The van der Waals surface area contributed by atoms with E-state index < -0.39 is 0 Å². The Kier molecular flexibility index (Phi) is 5.41. The Labute approximate surface area is 98.1 Å². The summed E-state index contributed by atoms with van der Waals surface area (Å²) in [5.74, 6) is 0. The summed E-state index contributed by atoms with van der Waals surface area (Å²) in [6.45, 7) is 1.96. The maximum atomic E-state index is 5.37. The first kappa shape index (κ1) is 11.6. The van der Waals surface area contributed by atoms with E-state index in [4.69, 9.17) is 9.32 Å². The SMILES string of the molecule is CC(OSI)c1ccc(SN)cn1. The number of pyridine rings is 1. The Morgan fingerprint density at radius 2 is 2.38 bits per heavy atom. The second-order valence-corrected chi connectivity index (χ2v) is 4.44. The van der Waals surface area contributed by atoms with E-state index in [1.165, 1.54) is 21.2 Å². The topological polar surface area (TPSA) is 48.1 Å². The van der Waals surface area contributed by atoms with Crippen LogP contribution in [0.25, 0.3) is 0 Å². The first-order valence-corrected chi connectivity index (χ1v) is 7.71. The number of nitrogens with two attached hydrogens (primary N) is 1. The minimum atomic E-state index is 0.0127. The third-order valence-electron chi connectivity index (χ3n) is 1.49. The van der Waals surface area contributed by atoms with Gasteiger partial charge in [0.15, 0.2) is 0 Å². The van der Waals surface area contributed by atoms with Gasteiger partial charge in [0.2, 0.25) is 0 Å². The lowest BCUT2D eigenvalue weighted by Crippen LogP contribution is -1.96. The molecule has 2 N–H and O–H groups in total. The molecule has 3 nitrogen and oxygen atoms in total. The van der Waals surface area contributed by atoms with Crippen LogP contribution in [0.2, 0.25) is 0 Å². The zero-order chi connectivity index (χ0) is 9.68. The fraction of sp³-hybridized carbons (Fsp3) is 0.286. The molecule has 0 aliphatic heterocycles. The van der Waals surface area contributed by atoms with Crippen LogP contribution in [0, 0.1) is 0 Å². The van der Waals surface area contributed by atoms with E-state index in [9.17, 15) is 0 Å². The highest BCUT2D eigenvalue weighted by Crippen LogP contribution is 2.25. The number of nitrogens with zero attached hydrogens (tertiary/aromatic N) is 1. The van der Waals surface area contributed by atoms with E-state index in [-0.39, 0.29) is 6.10 Å². The van der Waals surface area contributed by atoms with Crippen LogP contribution in [0.3, 0.4) is 0 Å². The fourth-order valence-corrected chi connectivity index (χ4v) is 2.21. The van der Waals surface area contributed by atoms with Gasteiger partial charge in [0.05, 0.1) is 14.9 Å². The lowest BCUT2D eigenvalue weighted by Gasteiger charge is -2.08. The Morgan fingerprint density at radius 3 is 2.85 bits per heavy atom. The molecule has 1 aromatic rings. The summed E-state index contributed by atoms with van der Waals surface area (Å²) in [7, 11) is 1.31. The molecule has 1 heterocycles. The second-order valence-electron chi connectivity index (χ2n) is 2.34. The molecule has 0 spiro atoms. The molecule has 0 amide bonds. The number of hydrogen-bond acceptors (Lipinski definition) is 5. The molecule has 0 aliphatic carbocycles.